The number of ether oxygens (including phenoxy) is 1. The second-order valence-corrected chi connectivity index (χ2v) is 5.46. The summed E-state index contributed by atoms with van der Waals surface area (Å²) in [6.07, 6.45) is 0.767. The van der Waals surface area contributed by atoms with Gasteiger partial charge < -0.3 is 14.9 Å². The number of furan rings is 1. The minimum atomic E-state index is -0.852. The van der Waals surface area contributed by atoms with Gasteiger partial charge in [-0.2, -0.15) is 0 Å². The number of nitrogens with one attached hydrogen (secondary N) is 1. The van der Waals surface area contributed by atoms with Crippen molar-refractivity contribution in [3.8, 4) is 5.75 Å². The highest BCUT2D eigenvalue weighted by Gasteiger charge is 2.26. The van der Waals surface area contributed by atoms with E-state index in [4.69, 9.17) is 14.9 Å². The Labute approximate surface area is 145 Å². The van der Waals surface area contributed by atoms with E-state index in [1.54, 1.807) is 6.07 Å². The van der Waals surface area contributed by atoms with Gasteiger partial charge in [0.2, 0.25) is 5.88 Å². The van der Waals surface area contributed by atoms with Gasteiger partial charge in [-0.3, -0.25) is 19.7 Å². The Bertz CT molecular complexity index is 823. The van der Waals surface area contributed by atoms with E-state index in [1.165, 1.54) is 13.8 Å². The number of nitrogens with two attached hydrogens (primary N) is 1. The van der Waals surface area contributed by atoms with Crippen LogP contribution in [0.1, 0.15) is 45.9 Å². The molecule has 0 saturated heterocycles. The number of anilines is 1. The number of aryl methyl sites for hydroxylation is 2. The maximum atomic E-state index is 12.1. The van der Waals surface area contributed by atoms with Crippen molar-refractivity contribution in [1.82, 2.24) is 0 Å². The standard InChI is InChI=1S/C18H20N2O5/c1-4-12-7-5-6-8-13(12)24-9-14(22)20-18-16(17(19)23)15(10(2)21)11(3)25-18/h5-8H,4,9H2,1-3H3,(H2,19,23)(H,20,22). The fraction of sp³-hybridized carbons (Fsp3) is 0.278. The van der Waals surface area contributed by atoms with E-state index in [2.05, 4.69) is 5.32 Å². The van der Waals surface area contributed by atoms with Crippen LogP contribution in [0.3, 0.4) is 0 Å². The summed E-state index contributed by atoms with van der Waals surface area (Å²) in [5.41, 5.74) is 6.22. The highest BCUT2D eigenvalue weighted by Crippen LogP contribution is 2.27. The molecule has 0 atom stereocenters. The first-order chi connectivity index (χ1) is 11.8. The second-order valence-electron chi connectivity index (χ2n) is 5.46. The monoisotopic (exact) mass is 344 g/mol. The largest absolute Gasteiger partial charge is 0.483 e. The Kier molecular flexibility index (Phi) is 5.59. The molecule has 7 nitrogen and oxygen atoms in total. The molecular weight excluding hydrogens is 324 g/mol. The van der Waals surface area contributed by atoms with Crippen molar-refractivity contribution >= 4 is 23.5 Å². The van der Waals surface area contributed by atoms with Crippen LogP contribution in [0.5, 0.6) is 5.75 Å². The predicted molar refractivity (Wildman–Crippen MR) is 91.9 cm³/mol. The molecule has 7 heteroatoms. The summed E-state index contributed by atoms with van der Waals surface area (Å²) >= 11 is 0. The van der Waals surface area contributed by atoms with Crippen LogP contribution in [0.15, 0.2) is 28.7 Å². The average molecular weight is 344 g/mol. The van der Waals surface area contributed by atoms with E-state index in [-0.39, 0.29) is 35.2 Å². The van der Waals surface area contributed by atoms with Crippen LogP contribution in [0.4, 0.5) is 5.88 Å². The molecule has 0 unspecified atom stereocenters. The molecule has 2 aromatic rings. The molecule has 3 N–H and O–H groups in total. The summed E-state index contributed by atoms with van der Waals surface area (Å²) in [5.74, 6) is -1.08. The molecule has 2 rings (SSSR count). The highest BCUT2D eigenvalue weighted by atomic mass is 16.5. The van der Waals surface area contributed by atoms with Crippen molar-refractivity contribution < 1.29 is 23.5 Å². The summed E-state index contributed by atoms with van der Waals surface area (Å²) in [6, 6.07) is 7.38. The molecule has 1 heterocycles. The molecule has 132 valence electrons. The first-order valence-electron chi connectivity index (χ1n) is 7.79. The number of Topliss-reactive ketones (excluding diaryl/α,β-unsaturated/α-hetero) is 1. The van der Waals surface area contributed by atoms with Gasteiger partial charge in [-0.1, -0.05) is 25.1 Å². The van der Waals surface area contributed by atoms with Crippen LogP contribution in [-0.4, -0.2) is 24.2 Å². The minimum absolute atomic E-state index is 0.0695. The van der Waals surface area contributed by atoms with Crippen LogP contribution in [0, 0.1) is 6.92 Å². The van der Waals surface area contributed by atoms with E-state index in [0.29, 0.717) is 5.75 Å². The zero-order valence-corrected chi connectivity index (χ0v) is 14.3. The first-order valence-corrected chi connectivity index (χ1v) is 7.79. The number of para-hydroxylation sites is 1. The van der Waals surface area contributed by atoms with Gasteiger partial charge in [0, 0.05) is 0 Å². The van der Waals surface area contributed by atoms with Gasteiger partial charge in [0.05, 0.1) is 5.56 Å². The Morgan fingerprint density at radius 2 is 1.88 bits per heavy atom. The molecule has 2 amide bonds. The molecular formula is C18H20N2O5. The number of carbonyl (C=O) groups excluding carboxylic acids is 3. The molecule has 0 saturated carbocycles. The number of benzene rings is 1. The second kappa shape index (κ2) is 7.65. The zero-order chi connectivity index (χ0) is 18.6. The summed E-state index contributed by atoms with van der Waals surface area (Å²) < 4.78 is 10.8. The summed E-state index contributed by atoms with van der Waals surface area (Å²) in [4.78, 5) is 35.4. The first kappa shape index (κ1) is 18.3. The Hall–Kier alpha value is -3.09. The Balaban J connectivity index is 2.14. The van der Waals surface area contributed by atoms with Crippen LogP contribution in [-0.2, 0) is 11.2 Å². The number of hydrogen-bond donors (Lipinski definition) is 2. The Morgan fingerprint density at radius 3 is 2.48 bits per heavy atom. The molecule has 0 aliphatic heterocycles. The average Bonchev–Trinajstić information content (AvgIpc) is 2.89. The third-order valence-corrected chi connectivity index (χ3v) is 3.65. The van der Waals surface area contributed by atoms with Gasteiger partial charge in [-0.25, -0.2) is 0 Å². The molecule has 0 bridgehead atoms. The van der Waals surface area contributed by atoms with E-state index >= 15 is 0 Å². The van der Waals surface area contributed by atoms with Crippen LogP contribution < -0.4 is 15.8 Å². The zero-order valence-electron chi connectivity index (χ0n) is 14.3. The summed E-state index contributed by atoms with van der Waals surface area (Å²) in [7, 11) is 0. The topological polar surface area (TPSA) is 112 Å². The number of carbonyl (C=O) groups is 3. The lowest BCUT2D eigenvalue weighted by atomic mass is 10.1. The Morgan fingerprint density at radius 1 is 1.20 bits per heavy atom. The van der Waals surface area contributed by atoms with Crippen molar-refractivity contribution in [3.05, 3.63) is 46.7 Å². The molecule has 1 aromatic heterocycles. The minimum Gasteiger partial charge on any atom is -0.483 e. The van der Waals surface area contributed by atoms with Gasteiger partial charge >= 0.3 is 0 Å². The van der Waals surface area contributed by atoms with Crippen molar-refractivity contribution in [1.29, 1.82) is 0 Å². The maximum Gasteiger partial charge on any atom is 0.264 e. The fourth-order valence-electron chi connectivity index (χ4n) is 2.53. The maximum absolute atomic E-state index is 12.1. The third kappa shape index (κ3) is 4.06. The normalized spacial score (nSPS) is 10.4. The van der Waals surface area contributed by atoms with E-state index in [1.807, 2.05) is 25.1 Å². The van der Waals surface area contributed by atoms with Crippen LogP contribution >= 0.6 is 0 Å². The molecule has 1 aromatic carbocycles. The number of hydrogen-bond acceptors (Lipinski definition) is 5. The van der Waals surface area contributed by atoms with E-state index in [0.717, 1.165) is 12.0 Å². The lowest BCUT2D eigenvalue weighted by molar-refractivity contribution is -0.118. The summed E-state index contributed by atoms with van der Waals surface area (Å²) in [5, 5.41) is 2.43. The van der Waals surface area contributed by atoms with Gasteiger partial charge in [0.1, 0.15) is 17.1 Å². The van der Waals surface area contributed by atoms with Gasteiger partial charge in [-0.15, -0.1) is 0 Å². The molecule has 25 heavy (non-hydrogen) atoms. The third-order valence-electron chi connectivity index (χ3n) is 3.65. The predicted octanol–water partition coefficient (Wildman–Crippen LogP) is 2.47. The molecule has 0 fully saturated rings. The van der Waals surface area contributed by atoms with Crippen molar-refractivity contribution in [2.75, 3.05) is 11.9 Å². The van der Waals surface area contributed by atoms with E-state index < -0.39 is 11.8 Å². The van der Waals surface area contributed by atoms with Gasteiger partial charge in [-0.05, 0) is 31.9 Å². The molecule has 0 radical (unpaired) electrons. The van der Waals surface area contributed by atoms with Gasteiger partial charge in [0.25, 0.3) is 11.8 Å². The smallest absolute Gasteiger partial charge is 0.264 e. The van der Waals surface area contributed by atoms with Crippen molar-refractivity contribution in [3.63, 3.8) is 0 Å². The quantitative estimate of drug-likeness (QED) is 0.749. The van der Waals surface area contributed by atoms with Crippen molar-refractivity contribution in [2.45, 2.75) is 27.2 Å². The lowest BCUT2D eigenvalue weighted by Gasteiger charge is -2.10. The molecule has 0 aliphatic rings. The van der Waals surface area contributed by atoms with Crippen LogP contribution in [0.2, 0.25) is 0 Å². The number of rotatable bonds is 7. The van der Waals surface area contributed by atoms with Gasteiger partial charge in [0.15, 0.2) is 12.4 Å². The summed E-state index contributed by atoms with van der Waals surface area (Å²) in [6.45, 7) is 4.52. The van der Waals surface area contributed by atoms with Crippen molar-refractivity contribution in [2.24, 2.45) is 5.73 Å². The number of ketones is 1. The lowest BCUT2D eigenvalue weighted by Crippen LogP contribution is -2.23. The highest BCUT2D eigenvalue weighted by molar-refractivity contribution is 6.12. The molecule has 0 aliphatic carbocycles. The fourth-order valence-corrected chi connectivity index (χ4v) is 2.53. The van der Waals surface area contributed by atoms with Crippen LogP contribution in [0.25, 0.3) is 0 Å². The number of primary amides is 1. The van der Waals surface area contributed by atoms with E-state index in [9.17, 15) is 14.4 Å². The molecule has 0 spiro atoms. The number of amides is 2. The SMILES string of the molecule is CCc1ccccc1OCC(=O)Nc1oc(C)c(C(C)=O)c1C(N)=O.